The SMILES string of the molecule is Cc1ccc(C)c(CNc2ccc3c(c2)Cc2ccccc2-3)c1. The number of hydrogen-bond donors (Lipinski definition) is 1. The lowest BCUT2D eigenvalue weighted by molar-refractivity contribution is 1.11. The summed E-state index contributed by atoms with van der Waals surface area (Å²) in [6, 6.07) is 22.1. The smallest absolute Gasteiger partial charge is 0.0403 e. The molecule has 3 aromatic rings. The average Bonchev–Trinajstić information content (AvgIpc) is 2.93. The molecule has 0 aliphatic heterocycles. The van der Waals surface area contributed by atoms with Gasteiger partial charge >= 0.3 is 0 Å². The van der Waals surface area contributed by atoms with Crippen LogP contribution in [-0.2, 0) is 13.0 Å². The Bertz CT molecular complexity index is 877. The molecule has 0 saturated heterocycles. The predicted octanol–water partition coefficient (Wildman–Crippen LogP) is 5.49. The Labute approximate surface area is 138 Å². The minimum absolute atomic E-state index is 0.874. The standard InChI is InChI=1S/C22H21N/c1-15-7-8-16(2)19(11-15)14-23-20-9-10-22-18(13-20)12-17-5-3-4-6-21(17)22/h3-11,13,23H,12,14H2,1-2H3. The van der Waals surface area contributed by atoms with Gasteiger partial charge in [0.15, 0.2) is 0 Å². The molecule has 114 valence electrons. The van der Waals surface area contributed by atoms with Gasteiger partial charge in [0.25, 0.3) is 0 Å². The van der Waals surface area contributed by atoms with E-state index in [0.29, 0.717) is 0 Å². The minimum Gasteiger partial charge on any atom is -0.381 e. The first-order chi connectivity index (χ1) is 11.2. The molecule has 0 fully saturated rings. The van der Waals surface area contributed by atoms with Crippen LogP contribution in [0.15, 0.2) is 60.7 Å². The maximum absolute atomic E-state index is 3.59. The van der Waals surface area contributed by atoms with Gasteiger partial charge in [0.05, 0.1) is 0 Å². The van der Waals surface area contributed by atoms with Gasteiger partial charge in [-0.2, -0.15) is 0 Å². The summed E-state index contributed by atoms with van der Waals surface area (Å²) in [5.74, 6) is 0. The summed E-state index contributed by atoms with van der Waals surface area (Å²) in [5.41, 5.74) is 10.9. The zero-order chi connectivity index (χ0) is 15.8. The van der Waals surface area contributed by atoms with Gasteiger partial charge in [-0.1, -0.05) is 54.1 Å². The molecular weight excluding hydrogens is 278 g/mol. The van der Waals surface area contributed by atoms with Crippen molar-refractivity contribution in [2.75, 3.05) is 5.32 Å². The van der Waals surface area contributed by atoms with Crippen LogP contribution in [-0.4, -0.2) is 0 Å². The summed E-state index contributed by atoms with van der Waals surface area (Å²) in [5, 5.41) is 3.59. The highest BCUT2D eigenvalue weighted by molar-refractivity contribution is 5.78. The Hall–Kier alpha value is -2.54. The fraction of sp³-hybridized carbons (Fsp3) is 0.182. The molecular formula is C22H21N. The molecule has 0 saturated carbocycles. The molecule has 1 nitrogen and oxygen atoms in total. The molecule has 0 atom stereocenters. The molecule has 0 amide bonds. The van der Waals surface area contributed by atoms with Crippen molar-refractivity contribution in [2.24, 2.45) is 0 Å². The van der Waals surface area contributed by atoms with Crippen LogP contribution in [0, 0.1) is 13.8 Å². The fourth-order valence-corrected chi connectivity index (χ4v) is 3.44. The Morgan fingerprint density at radius 3 is 2.57 bits per heavy atom. The highest BCUT2D eigenvalue weighted by Gasteiger charge is 2.17. The summed E-state index contributed by atoms with van der Waals surface area (Å²) in [4.78, 5) is 0. The molecule has 0 aromatic heterocycles. The zero-order valence-electron chi connectivity index (χ0n) is 13.7. The fourth-order valence-electron chi connectivity index (χ4n) is 3.44. The van der Waals surface area contributed by atoms with Gasteiger partial charge in [-0.25, -0.2) is 0 Å². The molecule has 0 heterocycles. The number of fused-ring (bicyclic) bond motifs is 3. The second-order valence-electron chi connectivity index (χ2n) is 6.49. The summed E-state index contributed by atoms with van der Waals surface area (Å²) in [6.07, 6.45) is 1.05. The summed E-state index contributed by atoms with van der Waals surface area (Å²) in [7, 11) is 0. The molecule has 0 spiro atoms. The monoisotopic (exact) mass is 299 g/mol. The van der Waals surface area contributed by atoms with E-state index in [-0.39, 0.29) is 0 Å². The van der Waals surface area contributed by atoms with Crippen LogP contribution >= 0.6 is 0 Å². The van der Waals surface area contributed by atoms with E-state index in [1.54, 1.807) is 0 Å². The third kappa shape index (κ3) is 2.63. The number of benzene rings is 3. The van der Waals surface area contributed by atoms with Gasteiger partial charge in [-0.3, -0.25) is 0 Å². The first-order valence-electron chi connectivity index (χ1n) is 8.22. The van der Waals surface area contributed by atoms with E-state index in [4.69, 9.17) is 0 Å². The van der Waals surface area contributed by atoms with Gasteiger partial charge in [0.2, 0.25) is 0 Å². The molecule has 0 bridgehead atoms. The largest absolute Gasteiger partial charge is 0.381 e. The van der Waals surface area contributed by atoms with Crippen LogP contribution in [0.2, 0.25) is 0 Å². The van der Waals surface area contributed by atoms with Crippen LogP contribution in [0.3, 0.4) is 0 Å². The summed E-state index contributed by atoms with van der Waals surface area (Å²) >= 11 is 0. The molecule has 0 radical (unpaired) electrons. The number of rotatable bonds is 3. The van der Waals surface area contributed by atoms with E-state index in [0.717, 1.165) is 13.0 Å². The van der Waals surface area contributed by atoms with Crippen molar-refractivity contribution >= 4 is 5.69 Å². The molecule has 1 aliphatic rings. The first kappa shape index (κ1) is 14.1. The van der Waals surface area contributed by atoms with Crippen LogP contribution in [0.5, 0.6) is 0 Å². The van der Waals surface area contributed by atoms with Crippen LogP contribution in [0.25, 0.3) is 11.1 Å². The maximum atomic E-state index is 3.59. The Morgan fingerprint density at radius 1 is 0.826 bits per heavy atom. The Morgan fingerprint density at radius 2 is 1.65 bits per heavy atom. The third-order valence-corrected chi connectivity index (χ3v) is 4.78. The van der Waals surface area contributed by atoms with E-state index >= 15 is 0 Å². The number of nitrogens with one attached hydrogen (secondary N) is 1. The third-order valence-electron chi connectivity index (χ3n) is 4.78. The summed E-state index contributed by atoms with van der Waals surface area (Å²) in [6.45, 7) is 5.20. The topological polar surface area (TPSA) is 12.0 Å². The normalized spacial score (nSPS) is 11.9. The van der Waals surface area contributed by atoms with Gasteiger partial charge in [0, 0.05) is 12.2 Å². The van der Waals surface area contributed by atoms with Crippen LogP contribution in [0.4, 0.5) is 5.69 Å². The highest BCUT2D eigenvalue weighted by Crippen LogP contribution is 2.37. The average molecular weight is 299 g/mol. The lowest BCUT2D eigenvalue weighted by Crippen LogP contribution is -2.02. The van der Waals surface area contributed by atoms with Crippen molar-refractivity contribution in [2.45, 2.75) is 26.8 Å². The quantitative estimate of drug-likeness (QED) is 0.527. The van der Waals surface area contributed by atoms with E-state index in [1.807, 2.05) is 0 Å². The molecule has 4 rings (SSSR count). The van der Waals surface area contributed by atoms with E-state index in [1.165, 1.54) is 44.6 Å². The van der Waals surface area contributed by atoms with E-state index in [9.17, 15) is 0 Å². The molecule has 1 heteroatoms. The van der Waals surface area contributed by atoms with Crippen molar-refractivity contribution in [3.63, 3.8) is 0 Å². The van der Waals surface area contributed by atoms with Crippen LogP contribution < -0.4 is 5.32 Å². The second kappa shape index (κ2) is 5.58. The molecule has 0 unspecified atom stereocenters. The van der Waals surface area contributed by atoms with Crippen LogP contribution in [0.1, 0.15) is 27.8 Å². The zero-order valence-corrected chi connectivity index (χ0v) is 13.7. The highest BCUT2D eigenvalue weighted by atomic mass is 14.9. The van der Waals surface area contributed by atoms with Crippen molar-refractivity contribution in [1.29, 1.82) is 0 Å². The van der Waals surface area contributed by atoms with E-state index in [2.05, 4.69) is 79.8 Å². The van der Waals surface area contributed by atoms with Gasteiger partial charge in [0.1, 0.15) is 0 Å². The Kier molecular flexibility index (Phi) is 3.42. The molecule has 3 aromatic carbocycles. The number of aryl methyl sites for hydroxylation is 2. The van der Waals surface area contributed by atoms with Gasteiger partial charge in [-0.05, 0) is 65.8 Å². The van der Waals surface area contributed by atoms with Gasteiger partial charge in [-0.15, -0.1) is 0 Å². The predicted molar refractivity (Wildman–Crippen MR) is 97.9 cm³/mol. The Balaban J connectivity index is 1.56. The number of hydrogen-bond acceptors (Lipinski definition) is 1. The number of anilines is 1. The van der Waals surface area contributed by atoms with Crippen molar-refractivity contribution < 1.29 is 0 Å². The lowest BCUT2D eigenvalue weighted by Gasteiger charge is -2.11. The summed E-state index contributed by atoms with van der Waals surface area (Å²) < 4.78 is 0. The second-order valence-corrected chi connectivity index (χ2v) is 6.49. The lowest BCUT2D eigenvalue weighted by atomic mass is 10.0. The van der Waals surface area contributed by atoms with Crippen molar-refractivity contribution in [1.82, 2.24) is 0 Å². The maximum Gasteiger partial charge on any atom is 0.0403 e. The molecule has 1 N–H and O–H groups in total. The first-order valence-corrected chi connectivity index (χ1v) is 8.22. The van der Waals surface area contributed by atoms with Crippen molar-refractivity contribution in [3.8, 4) is 11.1 Å². The molecule has 1 aliphatic carbocycles. The molecule has 23 heavy (non-hydrogen) atoms. The van der Waals surface area contributed by atoms with E-state index < -0.39 is 0 Å². The van der Waals surface area contributed by atoms with Crippen molar-refractivity contribution in [3.05, 3.63) is 88.5 Å². The minimum atomic E-state index is 0.874. The van der Waals surface area contributed by atoms with Gasteiger partial charge < -0.3 is 5.32 Å².